The van der Waals surface area contributed by atoms with E-state index in [1.165, 1.54) is 27.3 Å². The molecule has 3 unspecified atom stereocenters. The lowest BCUT2D eigenvalue weighted by molar-refractivity contribution is 0.626. The van der Waals surface area contributed by atoms with Gasteiger partial charge in [0.2, 0.25) is 0 Å². The summed E-state index contributed by atoms with van der Waals surface area (Å²) in [5, 5.41) is 0. The van der Waals surface area contributed by atoms with Crippen molar-refractivity contribution in [1.82, 2.24) is 0 Å². The Morgan fingerprint density at radius 3 is 2.56 bits per heavy atom. The first-order valence-corrected chi connectivity index (χ1v) is 7.36. The van der Waals surface area contributed by atoms with Crippen LogP contribution in [0.4, 0.5) is 0 Å². The Bertz CT molecular complexity index is 524. The van der Waals surface area contributed by atoms with Crippen LogP contribution < -0.4 is 5.73 Å². The van der Waals surface area contributed by atoms with Crippen LogP contribution >= 0.6 is 11.3 Å². The Kier molecular flexibility index (Phi) is 3.00. The molecule has 94 valence electrons. The first-order chi connectivity index (χ1) is 8.66. The molecule has 3 atom stereocenters. The van der Waals surface area contributed by atoms with Gasteiger partial charge in [0.25, 0.3) is 0 Å². The van der Waals surface area contributed by atoms with Crippen molar-refractivity contribution in [2.45, 2.75) is 32.2 Å². The largest absolute Gasteiger partial charge is 0.323 e. The maximum absolute atomic E-state index is 6.42. The lowest BCUT2D eigenvalue weighted by Gasteiger charge is -2.09. The van der Waals surface area contributed by atoms with Crippen LogP contribution in [0.1, 0.15) is 39.3 Å². The Balaban J connectivity index is 1.75. The van der Waals surface area contributed by atoms with Crippen molar-refractivity contribution in [3.8, 4) is 0 Å². The Labute approximate surface area is 113 Å². The van der Waals surface area contributed by atoms with Gasteiger partial charge in [-0.25, -0.2) is 0 Å². The quantitative estimate of drug-likeness (QED) is 0.877. The van der Waals surface area contributed by atoms with Gasteiger partial charge in [0.15, 0.2) is 0 Å². The van der Waals surface area contributed by atoms with Crippen LogP contribution in [0, 0.1) is 19.8 Å². The van der Waals surface area contributed by atoms with Gasteiger partial charge in [0, 0.05) is 15.8 Å². The molecule has 0 spiro atoms. The van der Waals surface area contributed by atoms with Crippen LogP contribution in [0.3, 0.4) is 0 Å². The molecule has 0 saturated heterocycles. The molecular weight excluding hydrogens is 238 g/mol. The molecular formula is C16H19NS. The Hall–Kier alpha value is -1.12. The second-order valence-corrected chi connectivity index (χ2v) is 6.62. The van der Waals surface area contributed by atoms with E-state index < -0.39 is 0 Å². The van der Waals surface area contributed by atoms with Gasteiger partial charge in [0.1, 0.15) is 0 Å². The van der Waals surface area contributed by atoms with Crippen molar-refractivity contribution in [3.05, 3.63) is 57.3 Å². The molecule has 18 heavy (non-hydrogen) atoms. The molecule has 1 saturated carbocycles. The van der Waals surface area contributed by atoms with E-state index in [-0.39, 0.29) is 6.04 Å². The molecule has 2 N–H and O–H groups in total. The van der Waals surface area contributed by atoms with E-state index in [2.05, 4.69) is 50.2 Å². The molecule has 0 bridgehead atoms. The third-order valence-electron chi connectivity index (χ3n) is 4.04. The molecule has 0 amide bonds. The van der Waals surface area contributed by atoms with Crippen molar-refractivity contribution in [3.63, 3.8) is 0 Å². The van der Waals surface area contributed by atoms with Gasteiger partial charge in [0.05, 0.1) is 0 Å². The summed E-state index contributed by atoms with van der Waals surface area (Å²) in [7, 11) is 0. The van der Waals surface area contributed by atoms with Gasteiger partial charge in [-0.3, -0.25) is 0 Å². The van der Waals surface area contributed by atoms with E-state index >= 15 is 0 Å². The molecule has 1 aromatic heterocycles. The highest BCUT2D eigenvalue weighted by molar-refractivity contribution is 7.12. The van der Waals surface area contributed by atoms with Gasteiger partial charge < -0.3 is 5.73 Å². The summed E-state index contributed by atoms with van der Waals surface area (Å²) in [5.74, 6) is 1.30. The summed E-state index contributed by atoms with van der Waals surface area (Å²) in [6.45, 7) is 4.35. The van der Waals surface area contributed by atoms with Crippen LogP contribution in [0.2, 0.25) is 0 Å². The predicted molar refractivity (Wildman–Crippen MR) is 78.0 cm³/mol. The fourth-order valence-electron chi connectivity index (χ4n) is 2.67. The zero-order chi connectivity index (χ0) is 12.7. The number of rotatable bonds is 3. The predicted octanol–water partition coefficient (Wildman–Crippen LogP) is 4.17. The summed E-state index contributed by atoms with van der Waals surface area (Å²) in [6, 6.07) is 13.3. The lowest BCUT2D eigenvalue weighted by Crippen LogP contribution is -2.11. The van der Waals surface area contributed by atoms with Gasteiger partial charge >= 0.3 is 0 Å². The first-order valence-electron chi connectivity index (χ1n) is 6.54. The minimum absolute atomic E-state index is 0.215. The molecule has 1 fully saturated rings. The molecule has 2 aromatic rings. The second-order valence-electron chi connectivity index (χ2n) is 5.33. The van der Waals surface area contributed by atoms with Crippen molar-refractivity contribution in [2.24, 2.45) is 11.7 Å². The van der Waals surface area contributed by atoms with Gasteiger partial charge in [-0.1, -0.05) is 30.3 Å². The lowest BCUT2D eigenvalue weighted by atomic mass is 10.0. The second kappa shape index (κ2) is 4.52. The summed E-state index contributed by atoms with van der Waals surface area (Å²) in [6.07, 6.45) is 1.24. The van der Waals surface area contributed by atoms with Gasteiger partial charge in [-0.05, 0) is 49.3 Å². The molecule has 1 aliphatic rings. The zero-order valence-electron chi connectivity index (χ0n) is 10.9. The molecule has 3 rings (SSSR count). The molecule has 2 heteroatoms. The number of aryl methyl sites for hydroxylation is 2. The van der Waals surface area contributed by atoms with E-state index in [1.807, 2.05) is 11.3 Å². The number of hydrogen-bond donors (Lipinski definition) is 1. The summed E-state index contributed by atoms with van der Waals surface area (Å²) < 4.78 is 0. The first kappa shape index (κ1) is 11.9. The SMILES string of the molecule is Cc1cc(C(N)C2CC2c2ccccc2)sc1C. The van der Waals surface area contributed by atoms with Crippen LogP contribution in [-0.4, -0.2) is 0 Å². The summed E-state index contributed by atoms with van der Waals surface area (Å²) in [4.78, 5) is 2.76. The summed E-state index contributed by atoms with van der Waals surface area (Å²) >= 11 is 1.86. The maximum atomic E-state index is 6.42. The van der Waals surface area contributed by atoms with E-state index in [9.17, 15) is 0 Å². The average molecular weight is 257 g/mol. The van der Waals surface area contributed by atoms with E-state index in [0.717, 1.165) is 0 Å². The van der Waals surface area contributed by atoms with Crippen molar-refractivity contribution >= 4 is 11.3 Å². The van der Waals surface area contributed by atoms with Gasteiger partial charge in [-0.2, -0.15) is 0 Å². The highest BCUT2D eigenvalue weighted by Gasteiger charge is 2.43. The smallest absolute Gasteiger partial charge is 0.0424 e. The highest BCUT2D eigenvalue weighted by atomic mass is 32.1. The van der Waals surface area contributed by atoms with Crippen molar-refractivity contribution in [2.75, 3.05) is 0 Å². The number of benzene rings is 1. The molecule has 0 aliphatic heterocycles. The molecule has 0 radical (unpaired) electrons. The van der Waals surface area contributed by atoms with E-state index in [1.54, 1.807) is 0 Å². The van der Waals surface area contributed by atoms with E-state index in [0.29, 0.717) is 11.8 Å². The monoisotopic (exact) mass is 257 g/mol. The fraction of sp³-hybridized carbons (Fsp3) is 0.375. The van der Waals surface area contributed by atoms with E-state index in [4.69, 9.17) is 5.73 Å². The van der Waals surface area contributed by atoms with Crippen molar-refractivity contribution in [1.29, 1.82) is 0 Å². The fourth-order valence-corrected chi connectivity index (χ4v) is 3.79. The van der Waals surface area contributed by atoms with Crippen LogP contribution in [0.5, 0.6) is 0 Å². The third kappa shape index (κ3) is 2.11. The average Bonchev–Trinajstić information content (AvgIpc) is 3.11. The van der Waals surface area contributed by atoms with Crippen LogP contribution in [-0.2, 0) is 0 Å². The molecule has 1 heterocycles. The maximum Gasteiger partial charge on any atom is 0.0424 e. The van der Waals surface area contributed by atoms with Crippen molar-refractivity contribution < 1.29 is 0 Å². The summed E-state index contributed by atoms with van der Waals surface area (Å²) in [5.41, 5.74) is 9.25. The number of nitrogens with two attached hydrogens (primary N) is 1. The van der Waals surface area contributed by atoms with Gasteiger partial charge in [-0.15, -0.1) is 11.3 Å². The minimum atomic E-state index is 0.215. The number of hydrogen-bond acceptors (Lipinski definition) is 2. The van der Waals surface area contributed by atoms with Crippen LogP contribution in [0.25, 0.3) is 0 Å². The topological polar surface area (TPSA) is 26.0 Å². The van der Waals surface area contributed by atoms with Crippen LogP contribution in [0.15, 0.2) is 36.4 Å². The zero-order valence-corrected chi connectivity index (χ0v) is 11.7. The molecule has 1 nitrogen and oxygen atoms in total. The number of thiophene rings is 1. The Morgan fingerprint density at radius 1 is 1.22 bits per heavy atom. The third-order valence-corrected chi connectivity index (χ3v) is 5.30. The highest BCUT2D eigenvalue weighted by Crippen LogP contribution is 2.54. The minimum Gasteiger partial charge on any atom is -0.323 e. The Morgan fingerprint density at radius 2 is 1.94 bits per heavy atom. The molecule has 1 aliphatic carbocycles. The standard InChI is InChI=1S/C16H19NS/c1-10-8-15(18-11(10)2)16(17)14-9-13(14)12-6-4-3-5-7-12/h3-8,13-14,16H,9,17H2,1-2H3. The normalized spacial score (nSPS) is 23.9. The molecule has 1 aromatic carbocycles.